The Kier molecular flexibility index (Phi) is 8.06. The monoisotopic (exact) mass is 607 g/mol. The molecule has 2 aliphatic carbocycles. The maximum absolute atomic E-state index is 13.5. The van der Waals surface area contributed by atoms with Crippen LogP contribution < -0.4 is 24.8 Å². The van der Waals surface area contributed by atoms with Crippen LogP contribution in [0.4, 0.5) is 5.13 Å². The van der Waals surface area contributed by atoms with Crippen LogP contribution in [0.1, 0.15) is 55.2 Å². The number of rotatable bonds is 9. The normalized spacial score (nSPS) is 27.1. The van der Waals surface area contributed by atoms with Crippen molar-refractivity contribution in [2.24, 2.45) is 16.7 Å². The third-order valence-electron chi connectivity index (χ3n) is 9.57. The average Bonchev–Trinajstić information content (AvgIpc) is 3.65. The minimum Gasteiger partial charge on any atom is -0.484 e. The van der Waals surface area contributed by atoms with Gasteiger partial charge in [0.15, 0.2) is 23.2 Å². The van der Waals surface area contributed by atoms with Gasteiger partial charge in [0.05, 0.1) is 18.4 Å². The van der Waals surface area contributed by atoms with Crippen molar-refractivity contribution in [1.29, 1.82) is 0 Å². The molecule has 5 unspecified atom stereocenters. The summed E-state index contributed by atoms with van der Waals surface area (Å²) in [6.07, 6.45) is 1.36. The fourth-order valence-corrected chi connectivity index (χ4v) is 8.11. The summed E-state index contributed by atoms with van der Waals surface area (Å²) < 4.78 is 16.4. The first kappa shape index (κ1) is 29.4. The summed E-state index contributed by atoms with van der Waals surface area (Å²) in [5.74, 6) is 1.15. The van der Waals surface area contributed by atoms with Gasteiger partial charge in [-0.15, -0.1) is 11.3 Å². The summed E-state index contributed by atoms with van der Waals surface area (Å²) in [6.45, 7) is 4.29. The Bertz CT molecular complexity index is 1500. The van der Waals surface area contributed by atoms with E-state index in [1.165, 1.54) is 11.3 Å². The van der Waals surface area contributed by atoms with Gasteiger partial charge >= 0.3 is 0 Å². The number of aliphatic hydroxyl groups is 2. The zero-order valence-electron chi connectivity index (χ0n) is 24.3. The largest absolute Gasteiger partial charge is 0.484 e. The van der Waals surface area contributed by atoms with E-state index in [0.29, 0.717) is 48.2 Å². The molecule has 228 valence electrons. The van der Waals surface area contributed by atoms with Gasteiger partial charge in [0.25, 0.3) is 5.91 Å². The molecule has 0 saturated heterocycles. The highest BCUT2D eigenvalue weighted by atomic mass is 32.1. The molecule has 1 aliphatic heterocycles. The first-order valence-electron chi connectivity index (χ1n) is 14.6. The molecule has 4 N–H and O–H groups in total. The molecule has 43 heavy (non-hydrogen) atoms. The van der Waals surface area contributed by atoms with E-state index in [0.717, 1.165) is 16.1 Å². The van der Waals surface area contributed by atoms with Crippen molar-refractivity contribution in [2.75, 3.05) is 25.3 Å². The van der Waals surface area contributed by atoms with Gasteiger partial charge in [-0.1, -0.05) is 38.1 Å². The number of carbonyl (C=O) groups excluding carboxylic acids is 2. The third-order valence-corrected chi connectivity index (χ3v) is 10.6. The van der Waals surface area contributed by atoms with Crippen LogP contribution in [0.5, 0.6) is 17.2 Å². The molecule has 0 spiro atoms. The number of nitrogens with one attached hydrogen (secondary N) is 2. The lowest BCUT2D eigenvalue weighted by molar-refractivity contribution is -0.144. The summed E-state index contributed by atoms with van der Waals surface area (Å²) in [7, 11) is 0. The quantitative estimate of drug-likeness (QED) is 0.286. The maximum atomic E-state index is 13.5. The zero-order chi connectivity index (χ0) is 30.2. The number of aromatic nitrogens is 1. The van der Waals surface area contributed by atoms with Gasteiger partial charge in [-0.25, -0.2) is 4.98 Å². The summed E-state index contributed by atoms with van der Waals surface area (Å²) in [6, 6.07) is 14.7. The summed E-state index contributed by atoms with van der Waals surface area (Å²) in [5, 5.41) is 27.9. The van der Waals surface area contributed by atoms with Crippen molar-refractivity contribution in [3.63, 3.8) is 0 Å². The van der Waals surface area contributed by atoms with Crippen LogP contribution in [-0.4, -0.2) is 53.1 Å². The van der Waals surface area contributed by atoms with Gasteiger partial charge in [0.1, 0.15) is 5.75 Å². The topological polar surface area (TPSA) is 139 Å². The molecule has 0 radical (unpaired) electrons. The number of carbonyl (C=O) groups is 2. The minimum atomic E-state index is -0.733. The fourth-order valence-electron chi connectivity index (χ4n) is 7.03. The molecular weight excluding hydrogens is 570 g/mol. The van der Waals surface area contributed by atoms with Crippen molar-refractivity contribution in [1.82, 2.24) is 10.3 Å². The van der Waals surface area contributed by atoms with Crippen LogP contribution in [0.15, 0.2) is 48.5 Å². The number of hydrogen-bond acceptors (Lipinski definition) is 9. The molecule has 0 bridgehead atoms. The van der Waals surface area contributed by atoms with Crippen LogP contribution in [0.3, 0.4) is 0 Å². The standard InChI is InChI=1S/C32H37N3O7S/c1-31-11-10-26(37)32(2,17-36)25(31)14-24-29(35-30(43-24)34-28(39)16-40-20-6-4-3-5-7-20)21(31)13-27(38)33-15-19-8-9-22-23(12-19)42-18-41-22/h3-9,12,21,25-26,36-37H,10-11,13-18H2,1-2H3,(H,33,38)(H,34,35,39). The van der Waals surface area contributed by atoms with Gasteiger partial charge in [-0.05, 0) is 60.4 Å². The number of nitrogens with zero attached hydrogens (tertiary/aromatic N) is 1. The number of anilines is 1. The first-order valence-corrected chi connectivity index (χ1v) is 15.4. The molecule has 6 rings (SSSR count). The van der Waals surface area contributed by atoms with E-state index in [2.05, 4.69) is 17.6 Å². The van der Waals surface area contributed by atoms with E-state index in [4.69, 9.17) is 19.2 Å². The third kappa shape index (κ3) is 5.69. The van der Waals surface area contributed by atoms with E-state index >= 15 is 0 Å². The highest BCUT2D eigenvalue weighted by Crippen LogP contribution is 2.62. The Morgan fingerprint density at radius 2 is 1.91 bits per heavy atom. The zero-order valence-corrected chi connectivity index (χ0v) is 25.1. The molecule has 10 nitrogen and oxygen atoms in total. The lowest BCUT2D eigenvalue weighted by atomic mass is 9.47. The van der Waals surface area contributed by atoms with Gasteiger partial charge in [-0.3, -0.25) is 14.9 Å². The number of fused-ring (bicyclic) bond motifs is 3. The molecule has 1 aromatic heterocycles. The molecule has 11 heteroatoms. The molecule has 3 aliphatic rings. The van der Waals surface area contributed by atoms with Crippen LogP contribution >= 0.6 is 11.3 Å². The van der Waals surface area contributed by atoms with E-state index in [1.807, 2.05) is 43.3 Å². The van der Waals surface area contributed by atoms with Crippen LogP contribution in [0.25, 0.3) is 0 Å². The molecule has 2 aromatic carbocycles. The van der Waals surface area contributed by atoms with Crippen LogP contribution in [0.2, 0.25) is 0 Å². The van der Waals surface area contributed by atoms with Crippen molar-refractivity contribution in [2.45, 2.75) is 58.1 Å². The number of thiazole rings is 1. The predicted octanol–water partition coefficient (Wildman–Crippen LogP) is 4.01. The molecule has 2 amide bonds. The SMILES string of the molecule is CC1(CO)C(O)CCC2(C)C(CC(=O)NCc3ccc4c(c3)OCO4)c3nc(NC(=O)COc4ccccc4)sc3CC12. The van der Waals surface area contributed by atoms with E-state index in [1.54, 1.807) is 12.1 Å². The summed E-state index contributed by atoms with van der Waals surface area (Å²) >= 11 is 1.39. The van der Waals surface area contributed by atoms with Gasteiger partial charge in [-0.2, -0.15) is 0 Å². The van der Waals surface area contributed by atoms with E-state index in [-0.39, 0.29) is 50.1 Å². The molecule has 1 fully saturated rings. The fraction of sp³-hybridized carbons (Fsp3) is 0.469. The van der Waals surface area contributed by atoms with E-state index in [9.17, 15) is 19.8 Å². The molecule has 5 atom stereocenters. The lowest BCUT2D eigenvalue weighted by Crippen LogP contribution is -2.57. The summed E-state index contributed by atoms with van der Waals surface area (Å²) in [5.41, 5.74) is 0.572. The highest BCUT2D eigenvalue weighted by molar-refractivity contribution is 7.15. The van der Waals surface area contributed by atoms with Crippen LogP contribution in [0, 0.1) is 16.7 Å². The molecule has 3 aromatic rings. The second-order valence-corrected chi connectivity index (χ2v) is 13.3. The molecule has 1 saturated carbocycles. The summed E-state index contributed by atoms with van der Waals surface area (Å²) in [4.78, 5) is 32.0. The van der Waals surface area contributed by atoms with Gasteiger partial charge < -0.3 is 29.7 Å². The molecule has 2 heterocycles. The van der Waals surface area contributed by atoms with Gasteiger partial charge in [0, 0.05) is 29.2 Å². The lowest BCUT2D eigenvalue weighted by Gasteiger charge is -2.58. The minimum absolute atomic E-state index is 0.0849. The number of aliphatic hydroxyl groups excluding tert-OH is 2. The Morgan fingerprint density at radius 3 is 2.70 bits per heavy atom. The highest BCUT2D eigenvalue weighted by Gasteiger charge is 2.59. The number of para-hydroxylation sites is 1. The predicted molar refractivity (Wildman–Crippen MR) is 160 cm³/mol. The van der Waals surface area contributed by atoms with Crippen molar-refractivity contribution < 1.29 is 34.0 Å². The number of amides is 2. The smallest absolute Gasteiger partial charge is 0.264 e. The Morgan fingerprint density at radius 1 is 1.12 bits per heavy atom. The van der Waals surface area contributed by atoms with E-state index < -0.39 is 16.9 Å². The van der Waals surface area contributed by atoms with Crippen molar-refractivity contribution in [3.8, 4) is 17.2 Å². The molecular formula is C32H37N3O7S. The Labute approximate surface area is 254 Å². The second kappa shape index (κ2) is 11.8. The second-order valence-electron chi connectivity index (χ2n) is 12.2. The number of ether oxygens (including phenoxy) is 3. The van der Waals surface area contributed by atoms with Crippen molar-refractivity contribution >= 4 is 28.3 Å². The van der Waals surface area contributed by atoms with Crippen LogP contribution in [-0.2, 0) is 22.6 Å². The number of benzene rings is 2. The number of hydrogen-bond donors (Lipinski definition) is 4. The Balaban J connectivity index is 1.22. The average molecular weight is 608 g/mol. The van der Waals surface area contributed by atoms with Gasteiger partial charge in [0.2, 0.25) is 12.7 Å². The first-order chi connectivity index (χ1) is 20.7. The maximum Gasteiger partial charge on any atom is 0.264 e. The van der Waals surface area contributed by atoms with Crippen molar-refractivity contribution in [3.05, 3.63) is 64.7 Å². The Hall–Kier alpha value is -3.67.